The molecule has 0 saturated carbocycles. The van der Waals surface area contributed by atoms with Crippen LogP contribution in [0.4, 0.5) is 5.69 Å². The van der Waals surface area contributed by atoms with Gasteiger partial charge in [0.1, 0.15) is 5.75 Å². The number of hydrogen-bond donors (Lipinski definition) is 1. The molecule has 1 saturated heterocycles. The molecule has 20 heavy (non-hydrogen) atoms. The lowest BCUT2D eigenvalue weighted by molar-refractivity contribution is 0.145. The normalized spacial score (nSPS) is 27.6. The van der Waals surface area contributed by atoms with Crippen molar-refractivity contribution in [3.63, 3.8) is 0 Å². The van der Waals surface area contributed by atoms with Gasteiger partial charge in [-0.2, -0.15) is 0 Å². The van der Waals surface area contributed by atoms with Gasteiger partial charge in [0.05, 0.1) is 6.10 Å². The van der Waals surface area contributed by atoms with E-state index in [9.17, 15) is 0 Å². The van der Waals surface area contributed by atoms with Crippen LogP contribution in [-0.2, 0) is 0 Å². The Kier molecular flexibility index (Phi) is 4.92. The fourth-order valence-corrected chi connectivity index (χ4v) is 2.86. The number of nitrogens with one attached hydrogen (secondary N) is 1. The van der Waals surface area contributed by atoms with E-state index < -0.39 is 0 Å². The van der Waals surface area contributed by atoms with Crippen molar-refractivity contribution in [3.8, 4) is 5.75 Å². The van der Waals surface area contributed by atoms with Crippen molar-refractivity contribution in [3.05, 3.63) is 24.3 Å². The summed E-state index contributed by atoms with van der Waals surface area (Å²) in [5, 5.41) is 3.68. The molecule has 3 nitrogen and oxygen atoms in total. The molecular formula is C17H28N2O. The molecule has 1 aliphatic heterocycles. The molecule has 1 aromatic carbocycles. The molecule has 0 spiro atoms. The number of likely N-dealkylation sites (tertiary alicyclic amines) is 1. The summed E-state index contributed by atoms with van der Waals surface area (Å²) in [5.74, 6) is 1.61. The van der Waals surface area contributed by atoms with Crippen LogP contribution >= 0.6 is 0 Å². The van der Waals surface area contributed by atoms with E-state index in [0.29, 0.717) is 18.0 Å². The average molecular weight is 276 g/mol. The molecule has 1 fully saturated rings. The monoisotopic (exact) mass is 276 g/mol. The molecule has 0 radical (unpaired) electrons. The predicted molar refractivity (Wildman–Crippen MR) is 85.5 cm³/mol. The van der Waals surface area contributed by atoms with Gasteiger partial charge in [-0.25, -0.2) is 0 Å². The third kappa shape index (κ3) is 3.89. The summed E-state index contributed by atoms with van der Waals surface area (Å²) in [7, 11) is 2.22. The van der Waals surface area contributed by atoms with Crippen LogP contribution in [-0.4, -0.2) is 36.7 Å². The first-order valence-electron chi connectivity index (χ1n) is 7.69. The first-order valence-corrected chi connectivity index (χ1v) is 7.69. The van der Waals surface area contributed by atoms with Crippen LogP contribution in [0, 0.1) is 5.92 Å². The van der Waals surface area contributed by atoms with Gasteiger partial charge >= 0.3 is 0 Å². The molecule has 1 heterocycles. The largest absolute Gasteiger partial charge is 0.491 e. The maximum atomic E-state index is 5.68. The van der Waals surface area contributed by atoms with Crippen LogP contribution in [0.25, 0.3) is 0 Å². The molecule has 3 heteroatoms. The Morgan fingerprint density at radius 3 is 2.45 bits per heavy atom. The van der Waals surface area contributed by atoms with Crippen LogP contribution in [0.5, 0.6) is 5.75 Å². The maximum absolute atomic E-state index is 5.68. The van der Waals surface area contributed by atoms with E-state index in [0.717, 1.165) is 12.3 Å². The number of piperidine rings is 1. The Morgan fingerprint density at radius 1 is 1.20 bits per heavy atom. The zero-order valence-electron chi connectivity index (χ0n) is 13.4. The quantitative estimate of drug-likeness (QED) is 0.909. The molecule has 0 aliphatic carbocycles. The van der Waals surface area contributed by atoms with Crippen LogP contribution in [0.3, 0.4) is 0 Å². The van der Waals surface area contributed by atoms with Crippen molar-refractivity contribution in [1.82, 2.24) is 4.90 Å². The minimum Gasteiger partial charge on any atom is -0.491 e. The SMILES string of the molecule is CC(C)Oc1ccc(NC2CC(C)N(C)CC2C)cc1. The van der Waals surface area contributed by atoms with Crippen LogP contribution in [0.2, 0.25) is 0 Å². The fraction of sp³-hybridized carbons (Fsp3) is 0.647. The second-order valence-corrected chi connectivity index (χ2v) is 6.44. The Morgan fingerprint density at radius 2 is 1.85 bits per heavy atom. The maximum Gasteiger partial charge on any atom is 0.119 e. The summed E-state index contributed by atoms with van der Waals surface area (Å²) >= 11 is 0. The van der Waals surface area contributed by atoms with Gasteiger partial charge in [-0.3, -0.25) is 0 Å². The van der Waals surface area contributed by atoms with E-state index >= 15 is 0 Å². The molecule has 1 aromatic rings. The zero-order valence-corrected chi connectivity index (χ0v) is 13.4. The summed E-state index contributed by atoms with van der Waals surface area (Å²) in [6.45, 7) is 9.89. The summed E-state index contributed by atoms with van der Waals surface area (Å²) in [4.78, 5) is 2.45. The minimum atomic E-state index is 0.226. The Hall–Kier alpha value is -1.22. The number of hydrogen-bond acceptors (Lipinski definition) is 3. The van der Waals surface area contributed by atoms with Crippen molar-refractivity contribution in [2.24, 2.45) is 5.92 Å². The second-order valence-electron chi connectivity index (χ2n) is 6.44. The molecule has 3 atom stereocenters. The third-order valence-electron chi connectivity index (χ3n) is 4.19. The van der Waals surface area contributed by atoms with Crippen molar-refractivity contribution < 1.29 is 4.74 Å². The minimum absolute atomic E-state index is 0.226. The highest BCUT2D eigenvalue weighted by Crippen LogP contribution is 2.25. The number of benzene rings is 1. The predicted octanol–water partition coefficient (Wildman–Crippen LogP) is 3.61. The van der Waals surface area contributed by atoms with Gasteiger partial charge in [-0.05, 0) is 64.4 Å². The topological polar surface area (TPSA) is 24.5 Å². The van der Waals surface area contributed by atoms with Crippen LogP contribution in [0.1, 0.15) is 34.1 Å². The lowest BCUT2D eigenvalue weighted by Crippen LogP contribution is -2.48. The molecule has 0 amide bonds. The molecule has 1 aliphatic rings. The smallest absolute Gasteiger partial charge is 0.119 e. The lowest BCUT2D eigenvalue weighted by atomic mass is 9.89. The number of ether oxygens (including phenoxy) is 1. The van der Waals surface area contributed by atoms with Crippen LogP contribution < -0.4 is 10.1 Å². The van der Waals surface area contributed by atoms with Gasteiger partial charge in [-0.15, -0.1) is 0 Å². The number of anilines is 1. The number of nitrogens with zero attached hydrogens (tertiary/aromatic N) is 1. The first-order chi connectivity index (χ1) is 9.45. The average Bonchev–Trinajstić information content (AvgIpc) is 2.37. The summed E-state index contributed by atoms with van der Waals surface area (Å²) in [5.41, 5.74) is 1.19. The van der Waals surface area contributed by atoms with Gasteiger partial charge < -0.3 is 15.0 Å². The van der Waals surface area contributed by atoms with E-state index in [1.54, 1.807) is 0 Å². The van der Waals surface area contributed by atoms with E-state index in [1.165, 1.54) is 12.1 Å². The Labute approximate surface area is 123 Å². The summed E-state index contributed by atoms with van der Waals surface area (Å²) in [6.07, 6.45) is 1.42. The van der Waals surface area contributed by atoms with Crippen molar-refractivity contribution in [2.75, 3.05) is 18.9 Å². The van der Waals surface area contributed by atoms with E-state index in [1.807, 2.05) is 26.0 Å². The van der Waals surface area contributed by atoms with E-state index in [2.05, 4.69) is 43.2 Å². The Bertz CT molecular complexity index is 416. The van der Waals surface area contributed by atoms with Gasteiger partial charge in [0.15, 0.2) is 0 Å². The van der Waals surface area contributed by atoms with Crippen LogP contribution in [0.15, 0.2) is 24.3 Å². The van der Waals surface area contributed by atoms with E-state index in [-0.39, 0.29) is 6.10 Å². The highest BCUT2D eigenvalue weighted by atomic mass is 16.5. The van der Waals surface area contributed by atoms with Crippen molar-refractivity contribution in [1.29, 1.82) is 0 Å². The van der Waals surface area contributed by atoms with Crippen molar-refractivity contribution >= 4 is 5.69 Å². The first kappa shape index (κ1) is 15.2. The highest BCUT2D eigenvalue weighted by Gasteiger charge is 2.28. The zero-order chi connectivity index (χ0) is 14.7. The Balaban J connectivity index is 1.95. The van der Waals surface area contributed by atoms with Gasteiger partial charge in [0.2, 0.25) is 0 Å². The van der Waals surface area contributed by atoms with Crippen molar-refractivity contribution in [2.45, 2.75) is 52.3 Å². The summed E-state index contributed by atoms with van der Waals surface area (Å²) in [6, 6.07) is 9.53. The summed E-state index contributed by atoms with van der Waals surface area (Å²) < 4.78 is 5.68. The molecule has 0 aromatic heterocycles. The molecular weight excluding hydrogens is 248 g/mol. The third-order valence-corrected chi connectivity index (χ3v) is 4.19. The molecule has 3 unspecified atom stereocenters. The fourth-order valence-electron chi connectivity index (χ4n) is 2.86. The van der Waals surface area contributed by atoms with Gasteiger partial charge in [-0.1, -0.05) is 6.92 Å². The second kappa shape index (κ2) is 6.49. The molecule has 1 N–H and O–H groups in total. The highest BCUT2D eigenvalue weighted by molar-refractivity contribution is 5.47. The van der Waals surface area contributed by atoms with E-state index in [4.69, 9.17) is 4.74 Å². The molecule has 0 bridgehead atoms. The number of rotatable bonds is 4. The van der Waals surface area contributed by atoms with Gasteiger partial charge in [0, 0.05) is 24.3 Å². The van der Waals surface area contributed by atoms with Gasteiger partial charge in [0.25, 0.3) is 0 Å². The lowest BCUT2D eigenvalue weighted by Gasteiger charge is -2.40. The standard InChI is InChI=1S/C17H28N2O/c1-12(2)20-16-8-6-15(7-9-16)18-17-10-14(4)19(5)11-13(17)3/h6-9,12-14,17-18H,10-11H2,1-5H3. The molecule has 2 rings (SSSR count). The molecule has 112 valence electrons.